The van der Waals surface area contributed by atoms with Crippen LogP contribution in [-0.2, 0) is 10.8 Å². The Labute approximate surface area is 352 Å². The van der Waals surface area contributed by atoms with Crippen LogP contribution in [0.4, 0.5) is 17.1 Å². The van der Waals surface area contributed by atoms with Gasteiger partial charge in [0, 0.05) is 57.7 Å². The molecule has 0 N–H and O–H groups in total. The molecule has 2 aromatic heterocycles. The van der Waals surface area contributed by atoms with Gasteiger partial charge in [0.1, 0.15) is 17.1 Å². The number of hydrogen-bond donors (Lipinski definition) is 0. The second kappa shape index (κ2) is 14.9. The molecule has 0 atom stereocenters. The van der Waals surface area contributed by atoms with Crippen LogP contribution in [0.3, 0.4) is 0 Å². The summed E-state index contributed by atoms with van der Waals surface area (Å²) >= 11 is 0. The lowest BCUT2D eigenvalue weighted by Crippen LogP contribution is -2.28. The average Bonchev–Trinajstić information content (AvgIpc) is 3.74. The Morgan fingerprint density at radius 2 is 1.10 bits per heavy atom. The first kappa shape index (κ1) is 37.2. The average molecular weight is 781 g/mol. The smallest absolute Gasteiger partial charge is 0.145 e. The van der Waals surface area contributed by atoms with Crippen LogP contribution in [0.5, 0.6) is 11.5 Å². The molecule has 0 saturated heterocycles. The number of ether oxygens (including phenoxy) is 1. The van der Waals surface area contributed by atoms with Crippen molar-refractivity contribution in [2.24, 2.45) is 0 Å². The Hall–Kier alpha value is -7.11. The number of allylic oxidation sites excluding steroid dienone is 5. The summed E-state index contributed by atoms with van der Waals surface area (Å²) in [4.78, 5) is 9.68. The molecule has 0 spiro atoms. The first-order valence-electron chi connectivity index (χ1n) is 20.9. The Morgan fingerprint density at radius 1 is 0.517 bits per heavy atom. The summed E-state index contributed by atoms with van der Waals surface area (Å²) in [6, 6.07) is 59.9. The SMILES string of the molecule is CC(C)(C1=CCC(N2CN(c3cccc(Oc4cccc(-n5c6ccccc6c6cccnc65)c4)c3)c3ccccc32)=CC(C(C)(C)c2ccccc2)=C1)c1ccccc1. The normalized spacial score (nSPS) is 14.4. The first-order valence-corrected chi connectivity index (χ1v) is 20.9. The van der Waals surface area contributed by atoms with Crippen molar-refractivity contribution in [3.8, 4) is 17.2 Å². The summed E-state index contributed by atoms with van der Waals surface area (Å²) < 4.78 is 8.88. The fraction of sp³-hybridized carbons (Fsp3) is 0.145. The van der Waals surface area contributed by atoms with E-state index in [1.165, 1.54) is 44.7 Å². The largest absolute Gasteiger partial charge is 0.457 e. The van der Waals surface area contributed by atoms with Gasteiger partial charge in [0.15, 0.2) is 0 Å². The topological polar surface area (TPSA) is 33.5 Å². The molecule has 10 rings (SSSR count). The standard InChI is InChI=1S/C55H48N4O/c1-54(2,39-18-7-5-8-19-39)41-31-32-44(35-42(34-41)55(3,4)40-20-9-6-10-21-40)58-38-57(51-29-13-14-30-52(51)58)43-22-15-24-46(36-43)60-47-25-16-23-45(37-47)59-50-28-12-11-26-48(50)49-27-17-33-56-53(49)59/h5-31,33-37H,32,38H2,1-4H3. The van der Waals surface area contributed by atoms with Gasteiger partial charge < -0.3 is 14.5 Å². The molecule has 1 aliphatic carbocycles. The van der Waals surface area contributed by atoms with Gasteiger partial charge in [0.05, 0.1) is 29.2 Å². The number of aromatic nitrogens is 2. The van der Waals surface area contributed by atoms with Crippen LogP contribution in [0.15, 0.2) is 211 Å². The Kier molecular flexibility index (Phi) is 9.25. The zero-order valence-corrected chi connectivity index (χ0v) is 34.6. The number of fused-ring (bicyclic) bond motifs is 4. The van der Waals surface area contributed by atoms with Gasteiger partial charge in [-0.05, 0) is 82.9 Å². The van der Waals surface area contributed by atoms with Gasteiger partial charge in [-0.15, -0.1) is 0 Å². The molecule has 0 saturated carbocycles. The van der Waals surface area contributed by atoms with Gasteiger partial charge in [-0.25, -0.2) is 4.98 Å². The summed E-state index contributed by atoms with van der Waals surface area (Å²) in [7, 11) is 0. The molecule has 8 aromatic rings. The number of benzene rings is 6. The predicted molar refractivity (Wildman–Crippen MR) is 249 cm³/mol. The van der Waals surface area contributed by atoms with Crippen molar-refractivity contribution in [3.63, 3.8) is 0 Å². The zero-order chi connectivity index (χ0) is 40.8. The zero-order valence-electron chi connectivity index (χ0n) is 34.6. The molecule has 0 fully saturated rings. The highest BCUT2D eigenvalue weighted by Gasteiger charge is 2.34. The third-order valence-corrected chi connectivity index (χ3v) is 12.6. The maximum absolute atomic E-state index is 6.66. The molecule has 0 radical (unpaired) electrons. The highest BCUT2D eigenvalue weighted by molar-refractivity contribution is 6.07. The van der Waals surface area contributed by atoms with E-state index in [0.29, 0.717) is 6.67 Å². The number of para-hydroxylation sites is 3. The van der Waals surface area contributed by atoms with E-state index in [-0.39, 0.29) is 10.8 Å². The molecule has 3 heterocycles. The van der Waals surface area contributed by atoms with Crippen molar-refractivity contribution >= 4 is 39.0 Å². The van der Waals surface area contributed by atoms with E-state index in [0.717, 1.165) is 45.8 Å². The van der Waals surface area contributed by atoms with E-state index in [9.17, 15) is 0 Å². The monoisotopic (exact) mass is 780 g/mol. The predicted octanol–water partition coefficient (Wildman–Crippen LogP) is 14.0. The summed E-state index contributed by atoms with van der Waals surface area (Å²) in [5.41, 5.74) is 12.5. The van der Waals surface area contributed by atoms with Crippen LogP contribution in [0.25, 0.3) is 27.6 Å². The van der Waals surface area contributed by atoms with Crippen LogP contribution in [0, 0.1) is 0 Å². The lowest BCUT2D eigenvalue weighted by molar-refractivity contribution is 0.482. The van der Waals surface area contributed by atoms with E-state index in [2.05, 4.69) is 212 Å². The summed E-state index contributed by atoms with van der Waals surface area (Å²) in [5.74, 6) is 1.54. The molecule has 60 heavy (non-hydrogen) atoms. The molecule has 0 bridgehead atoms. The van der Waals surface area contributed by atoms with Crippen LogP contribution in [0.2, 0.25) is 0 Å². The second-order valence-corrected chi connectivity index (χ2v) is 16.9. The molecule has 294 valence electrons. The quantitative estimate of drug-likeness (QED) is 0.146. The minimum Gasteiger partial charge on any atom is -0.457 e. The Morgan fingerprint density at radius 3 is 1.82 bits per heavy atom. The first-order chi connectivity index (χ1) is 29.3. The minimum atomic E-state index is -0.233. The molecule has 5 heteroatoms. The Balaban J connectivity index is 0.983. The highest BCUT2D eigenvalue weighted by atomic mass is 16.5. The molecular formula is C55H48N4O. The van der Waals surface area contributed by atoms with E-state index < -0.39 is 0 Å². The fourth-order valence-corrected chi connectivity index (χ4v) is 9.02. The van der Waals surface area contributed by atoms with Gasteiger partial charge >= 0.3 is 0 Å². The van der Waals surface area contributed by atoms with Crippen LogP contribution in [-0.4, -0.2) is 16.2 Å². The van der Waals surface area contributed by atoms with Crippen molar-refractivity contribution < 1.29 is 4.74 Å². The molecular weight excluding hydrogens is 733 g/mol. The summed E-state index contributed by atoms with van der Waals surface area (Å²) in [6.45, 7) is 10.1. The van der Waals surface area contributed by atoms with Crippen molar-refractivity contribution in [3.05, 3.63) is 222 Å². The van der Waals surface area contributed by atoms with Gasteiger partial charge in [-0.3, -0.25) is 4.57 Å². The summed E-state index contributed by atoms with van der Waals surface area (Å²) in [6.07, 6.45) is 10.0. The molecule has 2 aliphatic rings. The van der Waals surface area contributed by atoms with Crippen molar-refractivity contribution in [2.45, 2.75) is 44.9 Å². The van der Waals surface area contributed by atoms with Crippen molar-refractivity contribution in [1.29, 1.82) is 0 Å². The van der Waals surface area contributed by atoms with Crippen LogP contribution in [0.1, 0.15) is 45.2 Å². The second-order valence-electron chi connectivity index (χ2n) is 16.9. The number of pyridine rings is 1. The van der Waals surface area contributed by atoms with E-state index in [1.54, 1.807) is 0 Å². The van der Waals surface area contributed by atoms with E-state index >= 15 is 0 Å². The third-order valence-electron chi connectivity index (χ3n) is 12.6. The lowest BCUT2D eigenvalue weighted by Gasteiger charge is -2.31. The fourth-order valence-electron chi connectivity index (χ4n) is 9.02. The molecule has 6 aromatic carbocycles. The lowest BCUT2D eigenvalue weighted by atomic mass is 9.73. The molecule has 0 amide bonds. The van der Waals surface area contributed by atoms with Crippen LogP contribution < -0.4 is 14.5 Å². The van der Waals surface area contributed by atoms with Crippen molar-refractivity contribution in [1.82, 2.24) is 9.55 Å². The minimum absolute atomic E-state index is 0.183. The van der Waals surface area contributed by atoms with Gasteiger partial charge in [0.25, 0.3) is 0 Å². The third kappa shape index (κ3) is 6.57. The number of nitrogens with zero attached hydrogens (tertiary/aromatic N) is 4. The van der Waals surface area contributed by atoms with E-state index in [1.807, 2.05) is 24.4 Å². The maximum atomic E-state index is 6.66. The van der Waals surface area contributed by atoms with E-state index in [4.69, 9.17) is 9.72 Å². The van der Waals surface area contributed by atoms with Gasteiger partial charge in [-0.1, -0.05) is 143 Å². The number of anilines is 3. The Bertz CT molecular complexity index is 2920. The van der Waals surface area contributed by atoms with Crippen molar-refractivity contribution in [2.75, 3.05) is 16.5 Å². The summed E-state index contributed by atoms with van der Waals surface area (Å²) in [5, 5.41) is 2.31. The molecule has 0 unspecified atom stereocenters. The molecule has 1 aliphatic heterocycles. The number of hydrogen-bond acceptors (Lipinski definition) is 4. The number of rotatable bonds is 9. The van der Waals surface area contributed by atoms with Crippen LogP contribution >= 0.6 is 0 Å². The van der Waals surface area contributed by atoms with Gasteiger partial charge in [0.2, 0.25) is 0 Å². The van der Waals surface area contributed by atoms with Gasteiger partial charge in [-0.2, -0.15) is 0 Å². The molecule has 5 nitrogen and oxygen atoms in total. The maximum Gasteiger partial charge on any atom is 0.145 e. The highest BCUT2D eigenvalue weighted by Crippen LogP contribution is 2.47.